The van der Waals surface area contributed by atoms with Crippen LogP contribution in [0.15, 0.2) is 108 Å². The number of benzene rings is 7. The van der Waals surface area contributed by atoms with Gasteiger partial charge in [0.15, 0.2) is 0 Å². The second-order valence-electron chi connectivity index (χ2n) is 11.0. The summed E-state index contributed by atoms with van der Waals surface area (Å²) >= 11 is 0. The molecule has 4 nitrogen and oxygen atoms in total. The molecule has 0 spiro atoms. The molecule has 8 rings (SSSR count). The van der Waals surface area contributed by atoms with E-state index >= 15 is 0 Å². The molecule has 0 bridgehead atoms. The summed E-state index contributed by atoms with van der Waals surface area (Å²) in [5.41, 5.74) is 5.49. The van der Waals surface area contributed by atoms with Crippen molar-refractivity contribution >= 4 is 80.9 Å². The molecule has 0 aliphatic carbocycles. The Morgan fingerprint density at radius 1 is 0.452 bits per heavy atom. The summed E-state index contributed by atoms with van der Waals surface area (Å²) in [6.45, 7) is 0. The highest BCUT2D eigenvalue weighted by molar-refractivity contribution is 6.45. The number of fused-ring (bicyclic) bond motifs is 7. The number of furan rings is 1. The highest BCUT2D eigenvalue weighted by Crippen LogP contribution is 2.50. The molecule has 1 heterocycles. The molecule has 0 aliphatic heterocycles. The first-order chi connectivity index (χ1) is 20.5. The molecule has 1 aromatic heterocycles. The molecule has 198 valence electrons. The molecule has 0 atom stereocenters. The summed E-state index contributed by atoms with van der Waals surface area (Å²) in [5.74, 6) is -0.369. The summed E-state index contributed by atoms with van der Waals surface area (Å²) in [7, 11) is 3.32. The minimum atomic E-state index is -0.131. The Kier molecular flexibility index (Phi) is 5.14. The first-order valence-corrected chi connectivity index (χ1v) is 14.0. The first-order valence-electron chi connectivity index (χ1n) is 14.0. The molecule has 6 heteroatoms. The van der Waals surface area contributed by atoms with Gasteiger partial charge in [0.2, 0.25) is 0 Å². The van der Waals surface area contributed by atoms with Gasteiger partial charge in [0.25, 0.3) is 0 Å². The third-order valence-electron chi connectivity index (χ3n) is 8.73. The lowest BCUT2D eigenvalue weighted by atomic mass is 9.78. The summed E-state index contributed by atoms with van der Waals surface area (Å²) in [5, 5.41) is 41.3. The molecule has 0 saturated heterocycles. The maximum absolute atomic E-state index is 11.3. The molecule has 8 aromatic rings. The molecule has 0 fully saturated rings. The van der Waals surface area contributed by atoms with E-state index < -0.39 is 0 Å². The molecular formula is C36H24B2O4. The maximum atomic E-state index is 11.3. The fourth-order valence-corrected chi connectivity index (χ4v) is 6.68. The number of phenolic OH excluding ortho intramolecular Hbond substituents is 3. The van der Waals surface area contributed by atoms with Crippen LogP contribution in [0.1, 0.15) is 0 Å². The molecule has 3 N–H and O–H groups in total. The monoisotopic (exact) mass is 542 g/mol. The van der Waals surface area contributed by atoms with Gasteiger partial charge in [-0.25, -0.2) is 0 Å². The van der Waals surface area contributed by atoms with Gasteiger partial charge in [-0.2, -0.15) is 0 Å². The Balaban J connectivity index is 1.57. The Bertz CT molecular complexity index is 2340. The van der Waals surface area contributed by atoms with E-state index in [-0.39, 0.29) is 17.2 Å². The minimum Gasteiger partial charge on any atom is -0.509 e. The van der Waals surface area contributed by atoms with Crippen LogP contribution in [0, 0.1) is 0 Å². The lowest BCUT2D eigenvalue weighted by molar-refractivity contribution is 0.442. The highest BCUT2D eigenvalue weighted by atomic mass is 16.3. The van der Waals surface area contributed by atoms with Crippen LogP contribution in [0.3, 0.4) is 0 Å². The largest absolute Gasteiger partial charge is 0.509 e. The Morgan fingerprint density at radius 2 is 1.00 bits per heavy atom. The molecule has 0 amide bonds. The van der Waals surface area contributed by atoms with Gasteiger partial charge >= 0.3 is 0 Å². The average Bonchev–Trinajstić information content (AvgIpc) is 3.42. The number of hydrogen-bond donors (Lipinski definition) is 3. The van der Waals surface area contributed by atoms with Crippen LogP contribution < -0.4 is 10.9 Å². The second-order valence-corrected chi connectivity index (χ2v) is 11.0. The Hall–Kier alpha value is -5.35. The maximum Gasteiger partial charge on any atom is 0.149 e. The molecule has 7 aromatic carbocycles. The zero-order valence-electron chi connectivity index (χ0n) is 23.1. The number of hydrogen-bond acceptors (Lipinski definition) is 4. The predicted molar refractivity (Wildman–Crippen MR) is 178 cm³/mol. The van der Waals surface area contributed by atoms with Gasteiger partial charge in [-0.3, -0.25) is 0 Å². The van der Waals surface area contributed by atoms with Crippen molar-refractivity contribution in [1.29, 1.82) is 0 Å². The highest BCUT2D eigenvalue weighted by Gasteiger charge is 2.26. The van der Waals surface area contributed by atoms with Crippen LogP contribution >= 0.6 is 0 Å². The molecule has 42 heavy (non-hydrogen) atoms. The van der Waals surface area contributed by atoms with Crippen molar-refractivity contribution in [2.75, 3.05) is 0 Å². The SMILES string of the molecule is Bc1c(O)c(B)c(O)c(-c2c3ccccc3c(-c3cccc4oc5c6ccccc6ccc5c34)c3ccccc23)c1O. The lowest BCUT2D eigenvalue weighted by Crippen LogP contribution is -2.17. The van der Waals surface area contributed by atoms with Crippen molar-refractivity contribution < 1.29 is 19.7 Å². The number of aromatic hydroxyl groups is 3. The standard InChI is InChI=1S/C36H24B2O4/c37-31-33(39)30(34(40)32(38)35(31)41)29-22-12-5-3-10-20(22)27(21-11-4-6-13-23(21)29)24-14-7-15-26-28(24)25-17-16-18-8-1-2-9-19(18)36(25)42-26/h1-17,39-41H,37-38H2. The van der Waals surface area contributed by atoms with Crippen molar-refractivity contribution in [2.45, 2.75) is 0 Å². The zero-order chi connectivity index (χ0) is 28.7. The minimum absolute atomic E-state index is 0.106. The van der Waals surface area contributed by atoms with E-state index in [0.29, 0.717) is 16.5 Å². The van der Waals surface area contributed by atoms with E-state index in [1.54, 1.807) is 15.7 Å². The van der Waals surface area contributed by atoms with Crippen LogP contribution in [-0.4, -0.2) is 31.0 Å². The fourth-order valence-electron chi connectivity index (χ4n) is 6.68. The number of phenols is 3. The Morgan fingerprint density at radius 3 is 1.62 bits per heavy atom. The smallest absolute Gasteiger partial charge is 0.149 e. The van der Waals surface area contributed by atoms with Crippen molar-refractivity contribution in [3.63, 3.8) is 0 Å². The molecule has 0 radical (unpaired) electrons. The topological polar surface area (TPSA) is 73.8 Å². The van der Waals surface area contributed by atoms with Crippen LogP contribution in [0.25, 0.3) is 76.5 Å². The molecule has 0 unspecified atom stereocenters. The van der Waals surface area contributed by atoms with Gasteiger partial charge in [-0.1, -0.05) is 91.0 Å². The van der Waals surface area contributed by atoms with Crippen molar-refractivity contribution in [3.05, 3.63) is 103 Å². The summed E-state index contributed by atoms with van der Waals surface area (Å²) in [6, 6.07) is 34.9. The first kappa shape index (κ1) is 24.4. The predicted octanol–water partition coefficient (Wildman–Crippen LogP) is 6.01. The zero-order valence-corrected chi connectivity index (χ0v) is 23.1. The lowest BCUT2D eigenvalue weighted by Gasteiger charge is -2.21. The van der Waals surface area contributed by atoms with E-state index in [9.17, 15) is 15.3 Å². The van der Waals surface area contributed by atoms with Crippen LogP contribution in [0.2, 0.25) is 0 Å². The van der Waals surface area contributed by atoms with Gasteiger partial charge in [0.1, 0.15) is 44.1 Å². The van der Waals surface area contributed by atoms with E-state index in [0.717, 1.165) is 70.9 Å². The van der Waals surface area contributed by atoms with Crippen LogP contribution in [-0.2, 0) is 0 Å². The van der Waals surface area contributed by atoms with Gasteiger partial charge in [-0.05, 0) is 61.1 Å². The third kappa shape index (κ3) is 3.20. The van der Waals surface area contributed by atoms with E-state index in [1.165, 1.54) is 0 Å². The van der Waals surface area contributed by atoms with E-state index in [4.69, 9.17) is 4.42 Å². The third-order valence-corrected chi connectivity index (χ3v) is 8.73. The molecule has 0 saturated carbocycles. The van der Waals surface area contributed by atoms with Crippen LogP contribution in [0.5, 0.6) is 17.2 Å². The van der Waals surface area contributed by atoms with E-state index in [2.05, 4.69) is 42.5 Å². The van der Waals surface area contributed by atoms with Gasteiger partial charge in [0, 0.05) is 21.7 Å². The fraction of sp³-hybridized carbons (Fsp3) is 0. The quantitative estimate of drug-likeness (QED) is 0.185. The summed E-state index contributed by atoms with van der Waals surface area (Å²) < 4.78 is 6.52. The van der Waals surface area contributed by atoms with Crippen LogP contribution in [0.4, 0.5) is 0 Å². The summed E-state index contributed by atoms with van der Waals surface area (Å²) in [6.07, 6.45) is 0. The van der Waals surface area contributed by atoms with Gasteiger partial charge in [-0.15, -0.1) is 0 Å². The van der Waals surface area contributed by atoms with Crippen molar-refractivity contribution in [1.82, 2.24) is 0 Å². The average molecular weight is 542 g/mol. The van der Waals surface area contributed by atoms with Gasteiger partial charge in [0.05, 0.1) is 5.56 Å². The Labute approximate surface area is 242 Å². The molecule has 0 aliphatic rings. The number of rotatable bonds is 2. The summed E-state index contributed by atoms with van der Waals surface area (Å²) in [4.78, 5) is 0. The molecular weight excluding hydrogens is 518 g/mol. The normalized spacial score (nSPS) is 11.8. The van der Waals surface area contributed by atoms with Crippen molar-refractivity contribution in [2.24, 2.45) is 0 Å². The second kappa shape index (κ2) is 8.82. The van der Waals surface area contributed by atoms with Crippen molar-refractivity contribution in [3.8, 4) is 39.5 Å². The van der Waals surface area contributed by atoms with Gasteiger partial charge < -0.3 is 19.7 Å². The van der Waals surface area contributed by atoms with E-state index in [1.807, 2.05) is 60.7 Å².